The highest BCUT2D eigenvalue weighted by atomic mass is 79.9. The Morgan fingerprint density at radius 2 is 1.95 bits per heavy atom. The third kappa shape index (κ3) is 3.45. The highest BCUT2D eigenvalue weighted by Crippen LogP contribution is 2.30. The van der Waals surface area contributed by atoms with Gasteiger partial charge in [0.25, 0.3) is 0 Å². The Labute approximate surface area is 123 Å². The Morgan fingerprint density at radius 1 is 1.21 bits per heavy atom. The van der Waals surface area contributed by atoms with E-state index in [9.17, 15) is 8.78 Å². The number of rotatable bonds is 3. The van der Waals surface area contributed by atoms with Crippen LogP contribution >= 0.6 is 27.5 Å². The lowest BCUT2D eigenvalue weighted by Crippen LogP contribution is -2.08. The zero-order valence-electron chi connectivity index (χ0n) is 10.1. The van der Waals surface area contributed by atoms with Gasteiger partial charge in [0.15, 0.2) is 0 Å². The molecule has 100 valence electrons. The van der Waals surface area contributed by atoms with Crippen molar-refractivity contribution in [2.75, 3.05) is 5.32 Å². The zero-order chi connectivity index (χ0) is 14.0. The molecule has 0 aliphatic carbocycles. The van der Waals surface area contributed by atoms with Gasteiger partial charge in [0.2, 0.25) is 0 Å². The van der Waals surface area contributed by atoms with Crippen molar-refractivity contribution in [3.05, 3.63) is 63.1 Å². The van der Waals surface area contributed by atoms with Crippen molar-refractivity contribution in [1.82, 2.24) is 0 Å². The fraction of sp³-hybridized carbons (Fsp3) is 0.143. The van der Waals surface area contributed by atoms with E-state index in [4.69, 9.17) is 11.6 Å². The monoisotopic (exact) mass is 345 g/mol. The summed E-state index contributed by atoms with van der Waals surface area (Å²) in [5, 5.41) is 3.62. The van der Waals surface area contributed by atoms with Crippen LogP contribution in [-0.4, -0.2) is 0 Å². The number of benzene rings is 2. The summed E-state index contributed by atoms with van der Waals surface area (Å²) >= 11 is 9.06. The molecule has 1 N–H and O–H groups in total. The van der Waals surface area contributed by atoms with Gasteiger partial charge in [-0.2, -0.15) is 0 Å². The van der Waals surface area contributed by atoms with Gasteiger partial charge in [-0.25, -0.2) is 8.78 Å². The fourth-order valence-corrected chi connectivity index (χ4v) is 2.48. The number of hydrogen-bond donors (Lipinski definition) is 1. The van der Waals surface area contributed by atoms with Gasteiger partial charge in [-0.15, -0.1) is 0 Å². The van der Waals surface area contributed by atoms with E-state index in [-0.39, 0.29) is 11.7 Å². The van der Waals surface area contributed by atoms with Gasteiger partial charge in [0.1, 0.15) is 11.6 Å². The predicted molar refractivity (Wildman–Crippen MR) is 77.5 cm³/mol. The molecule has 0 heterocycles. The van der Waals surface area contributed by atoms with E-state index in [1.54, 1.807) is 12.1 Å². The summed E-state index contributed by atoms with van der Waals surface area (Å²) in [5.74, 6) is -1.26. The molecule has 0 aliphatic rings. The molecular weight excluding hydrogens is 336 g/mol. The van der Waals surface area contributed by atoms with Gasteiger partial charge < -0.3 is 5.32 Å². The quantitative estimate of drug-likeness (QED) is 0.768. The molecule has 0 spiro atoms. The van der Waals surface area contributed by atoms with Crippen molar-refractivity contribution >= 4 is 33.2 Å². The van der Waals surface area contributed by atoms with E-state index < -0.39 is 11.6 Å². The molecule has 0 bridgehead atoms. The van der Waals surface area contributed by atoms with Crippen LogP contribution in [0.5, 0.6) is 0 Å². The molecule has 5 heteroatoms. The van der Waals surface area contributed by atoms with Crippen molar-refractivity contribution < 1.29 is 8.78 Å². The highest BCUT2D eigenvalue weighted by molar-refractivity contribution is 9.10. The van der Waals surface area contributed by atoms with Crippen molar-refractivity contribution in [3.63, 3.8) is 0 Å². The first-order valence-electron chi connectivity index (χ1n) is 5.64. The van der Waals surface area contributed by atoms with Crippen LogP contribution in [0.4, 0.5) is 14.5 Å². The summed E-state index contributed by atoms with van der Waals surface area (Å²) in [5.41, 5.74) is 1.15. The van der Waals surface area contributed by atoms with Crippen LogP contribution in [0.1, 0.15) is 18.5 Å². The summed E-state index contributed by atoms with van der Waals surface area (Å²) in [6.45, 7) is 1.88. The number of anilines is 1. The second kappa shape index (κ2) is 5.88. The maximum atomic E-state index is 13.7. The molecule has 0 saturated heterocycles. The van der Waals surface area contributed by atoms with Crippen LogP contribution in [0, 0.1) is 11.6 Å². The van der Waals surface area contributed by atoms with Gasteiger partial charge in [-0.05, 0) is 46.6 Å². The predicted octanol–water partition coefficient (Wildman–Crippen LogP) is 5.55. The zero-order valence-corrected chi connectivity index (χ0v) is 12.4. The molecule has 0 saturated carbocycles. The highest BCUT2D eigenvalue weighted by Gasteiger charge is 2.13. The van der Waals surface area contributed by atoms with Crippen LogP contribution in [-0.2, 0) is 0 Å². The molecular formula is C14H11BrClF2N. The third-order valence-electron chi connectivity index (χ3n) is 2.72. The van der Waals surface area contributed by atoms with E-state index in [0.717, 1.165) is 11.6 Å². The van der Waals surface area contributed by atoms with E-state index in [2.05, 4.69) is 21.2 Å². The standard InChI is InChI=1S/C14H11BrClF2N/c1-8(9-3-2-4-10(16)5-9)19-14-12(15)6-11(17)7-13(14)18/h2-8,19H,1H3. The van der Waals surface area contributed by atoms with Crippen LogP contribution < -0.4 is 5.32 Å². The van der Waals surface area contributed by atoms with Crippen LogP contribution in [0.25, 0.3) is 0 Å². The Kier molecular flexibility index (Phi) is 4.42. The van der Waals surface area contributed by atoms with Gasteiger partial charge in [-0.3, -0.25) is 0 Å². The summed E-state index contributed by atoms with van der Waals surface area (Å²) < 4.78 is 27.1. The van der Waals surface area contributed by atoms with Gasteiger partial charge in [0, 0.05) is 21.6 Å². The molecule has 0 radical (unpaired) electrons. The lowest BCUT2D eigenvalue weighted by atomic mass is 10.1. The normalized spacial score (nSPS) is 12.3. The van der Waals surface area contributed by atoms with Crippen molar-refractivity contribution in [2.45, 2.75) is 13.0 Å². The fourth-order valence-electron chi connectivity index (χ4n) is 1.76. The molecule has 0 aromatic heterocycles. The van der Waals surface area contributed by atoms with E-state index in [1.165, 1.54) is 6.07 Å². The molecule has 1 unspecified atom stereocenters. The van der Waals surface area contributed by atoms with E-state index >= 15 is 0 Å². The molecule has 0 fully saturated rings. The molecule has 1 nitrogen and oxygen atoms in total. The first-order valence-corrected chi connectivity index (χ1v) is 6.81. The molecule has 2 aromatic carbocycles. The first-order chi connectivity index (χ1) is 8.97. The first kappa shape index (κ1) is 14.3. The van der Waals surface area contributed by atoms with Gasteiger partial charge in [-0.1, -0.05) is 23.7 Å². The third-order valence-corrected chi connectivity index (χ3v) is 3.58. The molecule has 1 atom stereocenters. The maximum Gasteiger partial charge on any atom is 0.150 e. The Bertz CT molecular complexity index is 581. The smallest absolute Gasteiger partial charge is 0.150 e. The second-order valence-corrected chi connectivity index (χ2v) is 5.46. The van der Waals surface area contributed by atoms with Crippen LogP contribution in [0.2, 0.25) is 5.02 Å². The average Bonchev–Trinajstić information content (AvgIpc) is 2.33. The average molecular weight is 347 g/mol. The van der Waals surface area contributed by atoms with Gasteiger partial charge in [0.05, 0.1) is 5.69 Å². The van der Waals surface area contributed by atoms with Crippen LogP contribution in [0.15, 0.2) is 40.9 Å². The Morgan fingerprint density at radius 3 is 2.58 bits per heavy atom. The van der Waals surface area contributed by atoms with Crippen molar-refractivity contribution in [3.8, 4) is 0 Å². The number of halogens is 4. The van der Waals surface area contributed by atoms with Gasteiger partial charge >= 0.3 is 0 Å². The summed E-state index contributed by atoms with van der Waals surface area (Å²) in [4.78, 5) is 0. The Balaban J connectivity index is 2.26. The molecule has 19 heavy (non-hydrogen) atoms. The minimum Gasteiger partial charge on any atom is -0.375 e. The number of nitrogens with one attached hydrogen (secondary N) is 1. The molecule has 0 amide bonds. The van der Waals surface area contributed by atoms with E-state index in [0.29, 0.717) is 9.50 Å². The van der Waals surface area contributed by atoms with Crippen molar-refractivity contribution in [2.24, 2.45) is 0 Å². The minimum absolute atomic E-state index is 0.157. The van der Waals surface area contributed by atoms with E-state index in [1.807, 2.05) is 19.1 Å². The minimum atomic E-state index is -0.638. The second-order valence-electron chi connectivity index (χ2n) is 4.17. The lowest BCUT2D eigenvalue weighted by Gasteiger charge is -2.17. The summed E-state index contributed by atoms with van der Waals surface area (Å²) in [6.07, 6.45) is 0. The summed E-state index contributed by atoms with van der Waals surface area (Å²) in [6, 6.07) is 9.19. The topological polar surface area (TPSA) is 12.0 Å². The largest absolute Gasteiger partial charge is 0.375 e. The maximum absolute atomic E-state index is 13.7. The summed E-state index contributed by atoms with van der Waals surface area (Å²) in [7, 11) is 0. The SMILES string of the molecule is CC(Nc1c(F)cc(F)cc1Br)c1cccc(Cl)c1. The Hall–Kier alpha value is -1.13. The molecule has 2 rings (SSSR count). The van der Waals surface area contributed by atoms with Crippen molar-refractivity contribution in [1.29, 1.82) is 0 Å². The lowest BCUT2D eigenvalue weighted by molar-refractivity contribution is 0.582. The number of hydrogen-bond acceptors (Lipinski definition) is 1. The molecule has 2 aromatic rings. The molecule has 0 aliphatic heterocycles. The van der Waals surface area contributed by atoms with Crippen LogP contribution in [0.3, 0.4) is 0 Å².